The first kappa shape index (κ1) is 22.0. The van der Waals surface area contributed by atoms with Crippen molar-refractivity contribution in [3.63, 3.8) is 0 Å². The molecular formula is C21H27N3O5. The first-order valence-electron chi connectivity index (χ1n) is 9.04. The maximum absolute atomic E-state index is 12.9. The first-order valence-corrected chi connectivity index (χ1v) is 9.04. The zero-order valence-electron chi connectivity index (χ0n) is 17.4. The number of nitrogens with zero attached hydrogens (tertiary/aromatic N) is 1. The predicted molar refractivity (Wildman–Crippen MR) is 111 cm³/mol. The van der Waals surface area contributed by atoms with Crippen LogP contribution < -0.4 is 24.8 Å². The van der Waals surface area contributed by atoms with E-state index in [2.05, 4.69) is 10.6 Å². The number of hydrogen-bond donors (Lipinski definition) is 2. The summed E-state index contributed by atoms with van der Waals surface area (Å²) in [5.41, 5.74) is 1.03. The third-order valence-electron chi connectivity index (χ3n) is 4.21. The minimum absolute atomic E-state index is 0.257. The van der Waals surface area contributed by atoms with E-state index < -0.39 is 5.91 Å². The molecule has 8 heteroatoms. The molecule has 2 N–H and O–H groups in total. The Balaban J connectivity index is 2.26. The highest BCUT2D eigenvalue weighted by molar-refractivity contribution is 6.10. The van der Waals surface area contributed by atoms with Crippen molar-refractivity contribution in [3.05, 3.63) is 47.5 Å². The van der Waals surface area contributed by atoms with Crippen molar-refractivity contribution in [1.29, 1.82) is 0 Å². The predicted octanol–water partition coefficient (Wildman–Crippen LogP) is 2.26. The number of nitrogens with one attached hydrogen (secondary N) is 2. The molecule has 29 heavy (non-hydrogen) atoms. The van der Waals surface area contributed by atoms with Gasteiger partial charge in [0.2, 0.25) is 0 Å². The number of likely N-dealkylation sites (N-methyl/N-ethyl adjacent to an activating group) is 1. The van der Waals surface area contributed by atoms with Crippen LogP contribution in [0, 0.1) is 0 Å². The van der Waals surface area contributed by atoms with Crippen LogP contribution in [0.15, 0.2) is 36.4 Å². The summed E-state index contributed by atoms with van der Waals surface area (Å²) in [6.07, 6.45) is 0. The molecule has 0 saturated heterocycles. The second-order valence-corrected chi connectivity index (χ2v) is 6.47. The molecule has 0 fully saturated rings. The lowest BCUT2D eigenvalue weighted by Crippen LogP contribution is -2.32. The Morgan fingerprint density at radius 2 is 1.48 bits per heavy atom. The van der Waals surface area contributed by atoms with Gasteiger partial charge in [0.1, 0.15) is 5.75 Å². The van der Waals surface area contributed by atoms with E-state index in [-0.39, 0.29) is 11.5 Å². The Hall–Kier alpha value is -3.26. The van der Waals surface area contributed by atoms with E-state index in [4.69, 9.17) is 14.2 Å². The molecular weight excluding hydrogens is 374 g/mol. The minimum Gasteiger partial charge on any atom is -0.496 e. The van der Waals surface area contributed by atoms with E-state index in [0.29, 0.717) is 41.6 Å². The van der Waals surface area contributed by atoms with Gasteiger partial charge in [0.25, 0.3) is 11.8 Å². The number of carbonyl (C=O) groups is 2. The van der Waals surface area contributed by atoms with Crippen LogP contribution in [0.3, 0.4) is 0 Å². The lowest BCUT2D eigenvalue weighted by molar-refractivity contribution is 0.0952. The fourth-order valence-electron chi connectivity index (χ4n) is 2.67. The van der Waals surface area contributed by atoms with E-state index in [1.807, 2.05) is 19.0 Å². The van der Waals surface area contributed by atoms with Crippen molar-refractivity contribution < 1.29 is 23.8 Å². The second kappa shape index (κ2) is 10.3. The van der Waals surface area contributed by atoms with E-state index in [1.165, 1.54) is 27.4 Å². The number of amides is 2. The van der Waals surface area contributed by atoms with Gasteiger partial charge in [-0.05, 0) is 26.2 Å². The van der Waals surface area contributed by atoms with Crippen molar-refractivity contribution in [3.8, 4) is 17.2 Å². The molecule has 0 atom stereocenters. The van der Waals surface area contributed by atoms with Gasteiger partial charge in [-0.3, -0.25) is 9.59 Å². The average molecular weight is 401 g/mol. The van der Waals surface area contributed by atoms with Crippen LogP contribution in [0.5, 0.6) is 17.2 Å². The van der Waals surface area contributed by atoms with Crippen LogP contribution >= 0.6 is 0 Å². The number of anilines is 1. The van der Waals surface area contributed by atoms with Gasteiger partial charge < -0.3 is 29.7 Å². The largest absolute Gasteiger partial charge is 0.496 e. The molecule has 156 valence electrons. The van der Waals surface area contributed by atoms with E-state index in [9.17, 15) is 9.59 Å². The van der Waals surface area contributed by atoms with Crippen molar-refractivity contribution >= 4 is 17.5 Å². The van der Waals surface area contributed by atoms with Crippen molar-refractivity contribution in [2.45, 2.75) is 0 Å². The number of methoxy groups -OCH3 is 3. The SMILES string of the molecule is COc1cc(OC)c(C(=O)Nc2ccccc2C(=O)NCCN(C)C)cc1OC. The summed E-state index contributed by atoms with van der Waals surface area (Å²) in [7, 11) is 8.30. The topological polar surface area (TPSA) is 89.1 Å². The number of benzene rings is 2. The van der Waals surface area contributed by atoms with Gasteiger partial charge >= 0.3 is 0 Å². The highest BCUT2D eigenvalue weighted by atomic mass is 16.5. The summed E-state index contributed by atoms with van der Waals surface area (Å²) in [4.78, 5) is 27.4. The van der Waals surface area contributed by atoms with Crippen LogP contribution in [0.2, 0.25) is 0 Å². The smallest absolute Gasteiger partial charge is 0.259 e. The summed E-state index contributed by atoms with van der Waals surface area (Å²) in [6.45, 7) is 1.21. The van der Waals surface area contributed by atoms with Crippen LogP contribution in [0.4, 0.5) is 5.69 Å². The van der Waals surface area contributed by atoms with Gasteiger partial charge in [-0.1, -0.05) is 12.1 Å². The van der Waals surface area contributed by atoms with E-state index >= 15 is 0 Å². The first-order chi connectivity index (χ1) is 13.9. The van der Waals surface area contributed by atoms with E-state index in [0.717, 1.165) is 0 Å². The lowest BCUT2D eigenvalue weighted by Gasteiger charge is -2.16. The van der Waals surface area contributed by atoms with Gasteiger partial charge in [0, 0.05) is 25.2 Å². The highest BCUT2D eigenvalue weighted by Gasteiger charge is 2.20. The monoisotopic (exact) mass is 401 g/mol. The third kappa shape index (κ3) is 5.61. The average Bonchev–Trinajstić information content (AvgIpc) is 2.72. The molecule has 2 rings (SSSR count). The van der Waals surface area contributed by atoms with Gasteiger partial charge in [-0.15, -0.1) is 0 Å². The van der Waals surface area contributed by atoms with Gasteiger partial charge in [-0.25, -0.2) is 0 Å². The number of para-hydroxylation sites is 1. The molecule has 8 nitrogen and oxygen atoms in total. The summed E-state index contributed by atoms with van der Waals surface area (Å²) in [5.74, 6) is 0.473. The Labute approximate surface area is 170 Å². The van der Waals surface area contributed by atoms with Crippen molar-refractivity contribution in [2.24, 2.45) is 0 Å². The number of ether oxygens (including phenoxy) is 3. The zero-order valence-corrected chi connectivity index (χ0v) is 17.4. The maximum Gasteiger partial charge on any atom is 0.259 e. The quantitative estimate of drug-likeness (QED) is 0.670. The zero-order chi connectivity index (χ0) is 21.4. The molecule has 2 aromatic carbocycles. The fraction of sp³-hybridized carbons (Fsp3) is 0.333. The Morgan fingerprint density at radius 1 is 0.862 bits per heavy atom. The molecule has 0 aromatic heterocycles. The third-order valence-corrected chi connectivity index (χ3v) is 4.21. The normalized spacial score (nSPS) is 10.4. The Kier molecular flexibility index (Phi) is 7.85. The molecule has 2 amide bonds. The molecule has 0 unspecified atom stereocenters. The molecule has 0 aliphatic heterocycles. The number of carbonyl (C=O) groups excluding carboxylic acids is 2. The van der Waals surface area contributed by atoms with E-state index in [1.54, 1.807) is 30.3 Å². The fourth-order valence-corrected chi connectivity index (χ4v) is 2.67. The lowest BCUT2D eigenvalue weighted by atomic mass is 10.1. The van der Waals surface area contributed by atoms with Gasteiger partial charge in [-0.2, -0.15) is 0 Å². The van der Waals surface area contributed by atoms with Crippen molar-refractivity contribution in [2.75, 3.05) is 53.8 Å². The summed E-state index contributed by atoms with van der Waals surface area (Å²) < 4.78 is 15.8. The highest BCUT2D eigenvalue weighted by Crippen LogP contribution is 2.35. The molecule has 0 aliphatic carbocycles. The molecule has 0 radical (unpaired) electrons. The summed E-state index contributed by atoms with van der Waals surface area (Å²) in [5, 5.41) is 5.63. The van der Waals surface area contributed by atoms with Crippen LogP contribution in [-0.2, 0) is 0 Å². The molecule has 0 bridgehead atoms. The van der Waals surface area contributed by atoms with Gasteiger partial charge in [0.05, 0.1) is 38.1 Å². The van der Waals surface area contributed by atoms with Gasteiger partial charge in [0.15, 0.2) is 11.5 Å². The maximum atomic E-state index is 12.9. The van der Waals surface area contributed by atoms with Crippen LogP contribution in [-0.4, -0.2) is 65.2 Å². The molecule has 0 heterocycles. The van der Waals surface area contributed by atoms with Crippen molar-refractivity contribution in [1.82, 2.24) is 10.2 Å². The minimum atomic E-state index is -0.434. The molecule has 0 aliphatic rings. The summed E-state index contributed by atoms with van der Waals surface area (Å²) in [6, 6.07) is 9.93. The Morgan fingerprint density at radius 3 is 2.10 bits per heavy atom. The molecule has 0 spiro atoms. The summed E-state index contributed by atoms with van der Waals surface area (Å²) >= 11 is 0. The Bertz CT molecular complexity index is 867. The standard InChI is InChI=1S/C21H27N3O5/c1-24(2)11-10-22-20(25)14-8-6-7-9-16(14)23-21(26)15-12-18(28-4)19(29-5)13-17(15)27-3/h6-9,12-13H,10-11H2,1-5H3,(H,22,25)(H,23,26). The van der Waals surface area contributed by atoms with Crippen LogP contribution in [0.1, 0.15) is 20.7 Å². The number of rotatable bonds is 9. The van der Waals surface area contributed by atoms with Crippen LogP contribution in [0.25, 0.3) is 0 Å². The molecule has 2 aromatic rings. The second-order valence-electron chi connectivity index (χ2n) is 6.47. The number of hydrogen-bond acceptors (Lipinski definition) is 6. The molecule has 0 saturated carbocycles.